The first-order valence-electron chi connectivity index (χ1n) is 7.32. The average molecular weight is 314 g/mol. The first-order valence-corrected chi connectivity index (χ1v) is 7.32. The molecule has 0 radical (unpaired) electrons. The third-order valence-electron chi connectivity index (χ3n) is 3.74. The van der Waals surface area contributed by atoms with Gasteiger partial charge in [0.2, 0.25) is 5.91 Å². The number of primary amides is 1. The summed E-state index contributed by atoms with van der Waals surface area (Å²) in [5, 5.41) is 0. The Hall–Kier alpha value is -2.53. The quantitative estimate of drug-likeness (QED) is 0.852. The number of methoxy groups -OCH3 is 2. The zero-order valence-corrected chi connectivity index (χ0v) is 13.7. The molecule has 2 N–H and O–H groups in total. The van der Waals surface area contributed by atoms with E-state index in [4.69, 9.17) is 15.2 Å². The fourth-order valence-electron chi connectivity index (χ4n) is 2.61. The maximum atomic E-state index is 11.9. The summed E-state index contributed by atoms with van der Waals surface area (Å²) in [6, 6.07) is 14.6. The van der Waals surface area contributed by atoms with E-state index in [1.165, 1.54) is 0 Å². The van der Waals surface area contributed by atoms with Gasteiger partial charge in [-0.1, -0.05) is 36.4 Å². The van der Waals surface area contributed by atoms with Crippen molar-refractivity contribution >= 4 is 5.91 Å². The van der Waals surface area contributed by atoms with Crippen molar-refractivity contribution in [3.8, 4) is 11.5 Å². The summed E-state index contributed by atoms with van der Waals surface area (Å²) >= 11 is 0. The second kappa shape index (κ2) is 7.65. The highest BCUT2D eigenvalue weighted by molar-refractivity contribution is 5.81. The molecule has 0 aromatic heterocycles. The van der Waals surface area contributed by atoms with Crippen LogP contribution in [0.4, 0.5) is 0 Å². The van der Waals surface area contributed by atoms with Crippen molar-refractivity contribution in [2.75, 3.05) is 21.3 Å². The minimum absolute atomic E-state index is 0.383. The number of carbonyl (C=O) groups excluding carboxylic acids is 1. The van der Waals surface area contributed by atoms with Crippen molar-refractivity contribution in [2.24, 2.45) is 5.73 Å². The van der Waals surface area contributed by atoms with Crippen molar-refractivity contribution in [1.29, 1.82) is 0 Å². The molecule has 2 rings (SSSR count). The van der Waals surface area contributed by atoms with Crippen molar-refractivity contribution in [3.05, 3.63) is 59.7 Å². The summed E-state index contributed by atoms with van der Waals surface area (Å²) in [7, 11) is 5.09. The van der Waals surface area contributed by atoms with Crippen LogP contribution in [0.25, 0.3) is 0 Å². The molecule has 122 valence electrons. The molecule has 0 saturated heterocycles. The van der Waals surface area contributed by atoms with Gasteiger partial charge < -0.3 is 15.2 Å². The number of ether oxygens (including phenoxy) is 2. The van der Waals surface area contributed by atoms with Crippen LogP contribution in [0.15, 0.2) is 48.5 Å². The summed E-state index contributed by atoms with van der Waals surface area (Å²) < 4.78 is 10.6. The van der Waals surface area contributed by atoms with E-state index in [-0.39, 0.29) is 5.91 Å². The van der Waals surface area contributed by atoms with Crippen LogP contribution in [-0.4, -0.2) is 32.1 Å². The van der Waals surface area contributed by atoms with Gasteiger partial charge in [-0.15, -0.1) is 0 Å². The number of nitrogens with two attached hydrogens (primary N) is 1. The van der Waals surface area contributed by atoms with Gasteiger partial charge >= 0.3 is 0 Å². The number of hydrogen-bond donors (Lipinski definition) is 1. The molecule has 0 aliphatic heterocycles. The predicted octanol–water partition coefficient (Wildman–Crippen LogP) is 2.36. The molecule has 0 heterocycles. The van der Waals surface area contributed by atoms with Crippen molar-refractivity contribution < 1.29 is 14.3 Å². The third-order valence-corrected chi connectivity index (χ3v) is 3.74. The number of likely N-dealkylation sites (N-methyl/N-ethyl adjacent to an activating group) is 1. The van der Waals surface area contributed by atoms with Gasteiger partial charge in [-0.2, -0.15) is 0 Å². The molecule has 2 aromatic rings. The Bertz CT molecular complexity index is 659. The summed E-state index contributed by atoms with van der Waals surface area (Å²) in [5.41, 5.74) is 7.43. The Morgan fingerprint density at radius 1 is 1.13 bits per heavy atom. The molecule has 5 nitrogen and oxygen atoms in total. The number of amides is 1. The Balaban J connectivity index is 2.26. The molecule has 0 aliphatic rings. The van der Waals surface area contributed by atoms with E-state index in [0.29, 0.717) is 12.3 Å². The first kappa shape index (κ1) is 16.8. The fraction of sp³-hybridized carbons (Fsp3) is 0.278. The lowest BCUT2D eigenvalue weighted by atomic mass is 10.0. The molecule has 0 aliphatic carbocycles. The van der Waals surface area contributed by atoms with Gasteiger partial charge in [0.25, 0.3) is 0 Å². The maximum Gasteiger partial charge on any atom is 0.239 e. The van der Waals surface area contributed by atoms with E-state index >= 15 is 0 Å². The molecular formula is C18H22N2O3. The van der Waals surface area contributed by atoms with Crippen LogP contribution in [-0.2, 0) is 11.3 Å². The molecule has 0 fully saturated rings. The van der Waals surface area contributed by atoms with Crippen LogP contribution in [0.3, 0.4) is 0 Å². The number of nitrogens with zero attached hydrogens (tertiary/aromatic N) is 1. The number of rotatable bonds is 7. The second-order valence-electron chi connectivity index (χ2n) is 5.31. The van der Waals surface area contributed by atoms with Crippen LogP contribution in [0.2, 0.25) is 0 Å². The Morgan fingerprint density at radius 2 is 1.83 bits per heavy atom. The smallest absolute Gasteiger partial charge is 0.239 e. The molecule has 0 saturated carbocycles. The lowest BCUT2D eigenvalue weighted by Gasteiger charge is -2.26. The molecule has 1 unspecified atom stereocenters. The third kappa shape index (κ3) is 4.02. The van der Waals surface area contributed by atoms with Crippen LogP contribution < -0.4 is 15.2 Å². The Labute approximate surface area is 136 Å². The highest BCUT2D eigenvalue weighted by Gasteiger charge is 2.23. The SMILES string of the molecule is COc1ccc(CN(C)C(C(N)=O)c2ccccc2)c(OC)c1. The molecule has 23 heavy (non-hydrogen) atoms. The van der Waals surface area contributed by atoms with Gasteiger partial charge in [-0.3, -0.25) is 9.69 Å². The van der Waals surface area contributed by atoms with Crippen molar-refractivity contribution in [2.45, 2.75) is 12.6 Å². The monoisotopic (exact) mass is 314 g/mol. The molecule has 2 aromatic carbocycles. The van der Waals surface area contributed by atoms with E-state index < -0.39 is 6.04 Å². The molecule has 5 heteroatoms. The minimum atomic E-state index is -0.497. The Morgan fingerprint density at radius 3 is 2.39 bits per heavy atom. The van der Waals surface area contributed by atoms with E-state index in [9.17, 15) is 4.79 Å². The van der Waals surface area contributed by atoms with Gasteiger partial charge in [0, 0.05) is 18.2 Å². The first-order chi connectivity index (χ1) is 11.1. The molecular weight excluding hydrogens is 292 g/mol. The van der Waals surface area contributed by atoms with Crippen LogP contribution in [0, 0.1) is 0 Å². The van der Waals surface area contributed by atoms with Crippen molar-refractivity contribution in [3.63, 3.8) is 0 Å². The van der Waals surface area contributed by atoms with Crippen molar-refractivity contribution in [1.82, 2.24) is 4.90 Å². The van der Waals surface area contributed by atoms with Gasteiger partial charge in [-0.05, 0) is 18.7 Å². The van der Waals surface area contributed by atoms with Gasteiger partial charge in [0.15, 0.2) is 0 Å². The zero-order chi connectivity index (χ0) is 16.8. The highest BCUT2D eigenvalue weighted by Crippen LogP contribution is 2.28. The predicted molar refractivity (Wildman–Crippen MR) is 89.4 cm³/mol. The number of benzene rings is 2. The second-order valence-corrected chi connectivity index (χ2v) is 5.31. The molecule has 0 bridgehead atoms. The van der Waals surface area contributed by atoms with Crippen LogP contribution in [0.5, 0.6) is 11.5 Å². The average Bonchev–Trinajstić information content (AvgIpc) is 2.56. The zero-order valence-electron chi connectivity index (χ0n) is 13.7. The topological polar surface area (TPSA) is 64.8 Å². The summed E-state index contributed by atoms with van der Waals surface area (Å²) in [6.07, 6.45) is 0. The summed E-state index contributed by atoms with van der Waals surface area (Å²) in [5.74, 6) is 1.06. The lowest BCUT2D eigenvalue weighted by molar-refractivity contribution is -0.123. The molecule has 0 spiro atoms. The minimum Gasteiger partial charge on any atom is -0.497 e. The summed E-state index contributed by atoms with van der Waals surface area (Å²) in [6.45, 7) is 0.523. The lowest BCUT2D eigenvalue weighted by Crippen LogP contribution is -2.35. The summed E-state index contributed by atoms with van der Waals surface area (Å²) in [4.78, 5) is 13.8. The van der Waals surface area contributed by atoms with E-state index in [0.717, 1.165) is 16.9 Å². The fourth-order valence-corrected chi connectivity index (χ4v) is 2.61. The van der Waals surface area contributed by atoms with Crippen LogP contribution >= 0.6 is 0 Å². The van der Waals surface area contributed by atoms with Gasteiger partial charge in [-0.25, -0.2) is 0 Å². The largest absolute Gasteiger partial charge is 0.497 e. The van der Waals surface area contributed by atoms with Crippen LogP contribution in [0.1, 0.15) is 17.2 Å². The number of hydrogen-bond acceptors (Lipinski definition) is 4. The Kier molecular flexibility index (Phi) is 5.60. The normalized spacial score (nSPS) is 12.0. The van der Waals surface area contributed by atoms with Gasteiger partial charge in [0.05, 0.1) is 14.2 Å². The molecule has 1 atom stereocenters. The maximum absolute atomic E-state index is 11.9. The molecule has 1 amide bonds. The highest BCUT2D eigenvalue weighted by atomic mass is 16.5. The number of carbonyl (C=O) groups is 1. The standard InChI is InChI=1S/C18H22N2O3/c1-20(17(18(19)21)13-7-5-4-6-8-13)12-14-9-10-15(22-2)11-16(14)23-3/h4-11,17H,12H2,1-3H3,(H2,19,21). The van der Waals surface area contributed by atoms with E-state index in [1.807, 2.05) is 60.5 Å². The van der Waals surface area contributed by atoms with E-state index in [1.54, 1.807) is 14.2 Å². The van der Waals surface area contributed by atoms with E-state index in [2.05, 4.69) is 0 Å². The van der Waals surface area contributed by atoms with Gasteiger partial charge in [0.1, 0.15) is 17.5 Å².